The summed E-state index contributed by atoms with van der Waals surface area (Å²) in [5.74, 6) is 1.19. The zero-order valence-corrected chi connectivity index (χ0v) is 14.9. The minimum absolute atomic E-state index is 0.0394. The van der Waals surface area contributed by atoms with E-state index in [1.807, 2.05) is 26.0 Å². The molecule has 6 heteroatoms. The van der Waals surface area contributed by atoms with Crippen LogP contribution in [0.3, 0.4) is 0 Å². The van der Waals surface area contributed by atoms with Crippen LogP contribution in [0.25, 0.3) is 11.3 Å². The number of aromatic amines is 1. The number of aromatic nitrogens is 2. The normalized spacial score (nSPS) is 10.8. The maximum Gasteiger partial charge on any atom is 0.227 e. The van der Waals surface area contributed by atoms with Gasteiger partial charge < -0.3 is 14.8 Å². The number of ether oxygens (including phenoxy) is 2. The molecule has 2 aromatic rings. The van der Waals surface area contributed by atoms with Crippen molar-refractivity contribution < 1.29 is 14.3 Å². The Bertz CT molecular complexity index is 708. The van der Waals surface area contributed by atoms with Crippen LogP contribution in [0.5, 0.6) is 11.5 Å². The van der Waals surface area contributed by atoms with Crippen molar-refractivity contribution in [2.24, 2.45) is 5.92 Å². The molecule has 2 N–H and O–H groups in total. The van der Waals surface area contributed by atoms with Gasteiger partial charge in [-0.1, -0.05) is 27.2 Å². The highest BCUT2D eigenvalue weighted by Gasteiger charge is 2.21. The van der Waals surface area contributed by atoms with Crippen molar-refractivity contribution in [1.29, 1.82) is 0 Å². The number of nitrogens with one attached hydrogen (secondary N) is 2. The highest BCUT2D eigenvalue weighted by Crippen LogP contribution is 2.37. The lowest BCUT2D eigenvalue weighted by Crippen LogP contribution is -2.18. The van der Waals surface area contributed by atoms with Gasteiger partial charge in [0.05, 0.1) is 25.6 Å². The number of amides is 1. The zero-order valence-electron chi connectivity index (χ0n) is 14.9. The predicted octanol–water partition coefficient (Wildman–Crippen LogP) is 3.64. The minimum atomic E-state index is -0.111. The van der Waals surface area contributed by atoms with Gasteiger partial charge in [-0.05, 0) is 18.6 Å². The number of methoxy groups -OCH3 is 2. The largest absolute Gasteiger partial charge is 0.497 e. The Morgan fingerprint density at radius 3 is 2.62 bits per heavy atom. The summed E-state index contributed by atoms with van der Waals surface area (Å²) >= 11 is 0. The zero-order chi connectivity index (χ0) is 17.7. The fraction of sp³-hybridized carbons (Fsp3) is 0.444. The van der Waals surface area contributed by atoms with Crippen molar-refractivity contribution in [1.82, 2.24) is 10.2 Å². The van der Waals surface area contributed by atoms with E-state index < -0.39 is 0 Å². The monoisotopic (exact) mass is 331 g/mol. The Labute approximate surface area is 142 Å². The number of hydrogen-bond acceptors (Lipinski definition) is 4. The molecule has 0 aliphatic carbocycles. The van der Waals surface area contributed by atoms with E-state index in [0.29, 0.717) is 17.2 Å². The second-order valence-electron chi connectivity index (χ2n) is 5.89. The van der Waals surface area contributed by atoms with Crippen LogP contribution >= 0.6 is 0 Å². The van der Waals surface area contributed by atoms with E-state index in [4.69, 9.17) is 9.47 Å². The van der Waals surface area contributed by atoms with Gasteiger partial charge in [-0.2, -0.15) is 5.10 Å². The average molecular weight is 331 g/mol. The number of H-pyrrole nitrogens is 1. The number of aryl methyl sites for hydroxylation is 1. The summed E-state index contributed by atoms with van der Waals surface area (Å²) in [6, 6.07) is 5.53. The lowest BCUT2D eigenvalue weighted by Gasteiger charge is -2.13. The van der Waals surface area contributed by atoms with Crippen LogP contribution in [0, 0.1) is 5.92 Å². The number of hydrogen-bond donors (Lipinski definition) is 2. The van der Waals surface area contributed by atoms with Gasteiger partial charge in [-0.25, -0.2) is 0 Å². The SMILES string of the molecule is CCCc1[nH]nc(-c2ccc(OC)cc2OC)c1NC(=O)C(C)C. The molecule has 24 heavy (non-hydrogen) atoms. The van der Waals surface area contributed by atoms with Crippen LogP contribution in [-0.4, -0.2) is 30.3 Å². The maximum atomic E-state index is 12.2. The van der Waals surface area contributed by atoms with Crippen LogP contribution in [-0.2, 0) is 11.2 Å². The van der Waals surface area contributed by atoms with Gasteiger partial charge in [0, 0.05) is 17.5 Å². The summed E-state index contributed by atoms with van der Waals surface area (Å²) < 4.78 is 10.7. The van der Waals surface area contributed by atoms with Crippen molar-refractivity contribution in [3.8, 4) is 22.8 Å². The Morgan fingerprint density at radius 1 is 1.29 bits per heavy atom. The van der Waals surface area contributed by atoms with Crippen molar-refractivity contribution in [3.63, 3.8) is 0 Å². The smallest absolute Gasteiger partial charge is 0.227 e. The van der Waals surface area contributed by atoms with E-state index in [-0.39, 0.29) is 11.8 Å². The van der Waals surface area contributed by atoms with E-state index in [0.717, 1.165) is 29.8 Å². The van der Waals surface area contributed by atoms with Crippen molar-refractivity contribution in [2.45, 2.75) is 33.6 Å². The molecule has 1 aromatic carbocycles. The van der Waals surface area contributed by atoms with Crippen LogP contribution < -0.4 is 14.8 Å². The van der Waals surface area contributed by atoms with Gasteiger partial charge in [0.25, 0.3) is 0 Å². The van der Waals surface area contributed by atoms with Gasteiger partial charge >= 0.3 is 0 Å². The first kappa shape index (κ1) is 17.8. The van der Waals surface area contributed by atoms with Gasteiger partial charge in [-0.3, -0.25) is 9.89 Å². The minimum Gasteiger partial charge on any atom is -0.497 e. The Hall–Kier alpha value is -2.50. The van der Waals surface area contributed by atoms with E-state index in [1.54, 1.807) is 20.3 Å². The van der Waals surface area contributed by atoms with Crippen molar-refractivity contribution >= 4 is 11.6 Å². The number of carbonyl (C=O) groups is 1. The van der Waals surface area contributed by atoms with Crippen LogP contribution in [0.2, 0.25) is 0 Å². The molecule has 0 saturated heterocycles. The summed E-state index contributed by atoms with van der Waals surface area (Å²) in [6.07, 6.45) is 1.76. The molecule has 1 heterocycles. The highest BCUT2D eigenvalue weighted by molar-refractivity contribution is 5.97. The molecule has 0 spiro atoms. The number of benzene rings is 1. The van der Waals surface area contributed by atoms with E-state index in [1.165, 1.54) is 0 Å². The van der Waals surface area contributed by atoms with E-state index in [2.05, 4.69) is 22.4 Å². The summed E-state index contributed by atoms with van der Waals surface area (Å²) in [5.41, 5.74) is 3.11. The molecular formula is C18H25N3O3. The number of anilines is 1. The molecule has 1 amide bonds. The maximum absolute atomic E-state index is 12.2. The molecule has 0 bridgehead atoms. The quantitative estimate of drug-likeness (QED) is 0.812. The standard InChI is InChI=1S/C18H25N3O3/c1-6-7-14-17(19-18(22)11(2)3)16(21-20-14)13-9-8-12(23-4)10-15(13)24-5/h8-11H,6-7H2,1-5H3,(H,19,22)(H,20,21). The summed E-state index contributed by atoms with van der Waals surface area (Å²) in [4.78, 5) is 12.2. The molecule has 0 aliphatic heterocycles. The third-order valence-corrected chi connectivity index (χ3v) is 3.78. The molecule has 0 fully saturated rings. The summed E-state index contributed by atoms with van der Waals surface area (Å²) in [7, 11) is 3.21. The van der Waals surface area contributed by atoms with Crippen molar-refractivity contribution in [3.05, 3.63) is 23.9 Å². The van der Waals surface area contributed by atoms with Crippen molar-refractivity contribution in [2.75, 3.05) is 19.5 Å². The molecule has 130 valence electrons. The van der Waals surface area contributed by atoms with Gasteiger partial charge in [0.1, 0.15) is 17.2 Å². The number of carbonyl (C=O) groups excluding carboxylic acids is 1. The molecule has 2 rings (SSSR count). The predicted molar refractivity (Wildman–Crippen MR) is 94.6 cm³/mol. The highest BCUT2D eigenvalue weighted by atomic mass is 16.5. The Kier molecular flexibility index (Phi) is 5.84. The molecule has 0 atom stereocenters. The molecule has 1 aromatic heterocycles. The fourth-order valence-corrected chi connectivity index (χ4v) is 2.40. The van der Waals surface area contributed by atoms with E-state index in [9.17, 15) is 4.79 Å². The van der Waals surface area contributed by atoms with Crippen LogP contribution in [0.15, 0.2) is 18.2 Å². The molecule has 0 unspecified atom stereocenters. The molecule has 0 saturated carbocycles. The lowest BCUT2D eigenvalue weighted by molar-refractivity contribution is -0.118. The first-order chi connectivity index (χ1) is 11.5. The Balaban J connectivity index is 2.52. The molecule has 6 nitrogen and oxygen atoms in total. The topological polar surface area (TPSA) is 76.2 Å². The van der Waals surface area contributed by atoms with Gasteiger partial charge in [0.15, 0.2) is 0 Å². The first-order valence-corrected chi connectivity index (χ1v) is 8.12. The number of nitrogens with zero attached hydrogens (tertiary/aromatic N) is 1. The number of rotatable bonds is 7. The second kappa shape index (κ2) is 7.86. The average Bonchev–Trinajstić information content (AvgIpc) is 2.96. The van der Waals surface area contributed by atoms with E-state index >= 15 is 0 Å². The van der Waals surface area contributed by atoms with Gasteiger partial charge in [0.2, 0.25) is 5.91 Å². The summed E-state index contributed by atoms with van der Waals surface area (Å²) in [5, 5.41) is 10.5. The van der Waals surface area contributed by atoms with Crippen LogP contribution in [0.1, 0.15) is 32.9 Å². The third-order valence-electron chi connectivity index (χ3n) is 3.78. The summed E-state index contributed by atoms with van der Waals surface area (Å²) in [6.45, 7) is 5.81. The first-order valence-electron chi connectivity index (χ1n) is 8.12. The molecule has 0 aliphatic rings. The molecular weight excluding hydrogens is 306 g/mol. The third kappa shape index (κ3) is 3.69. The second-order valence-corrected chi connectivity index (χ2v) is 5.89. The Morgan fingerprint density at radius 2 is 2.04 bits per heavy atom. The molecule has 0 radical (unpaired) electrons. The van der Waals surface area contributed by atoms with Gasteiger partial charge in [-0.15, -0.1) is 0 Å². The fourth-order valence-electron chi connectivity index (χ4n) is 2.40. The lowest BCUT2D eigenvalue weighted by atomic mass is 10.1. The van der Waals surface area contributed by atoms with Crippen LogP contribution in [0.4, 0.5) is 5.69 Å².